The van der Waals surface area contributed by atoms with E-state index in [1.54, 1.807) is 11.8 Å². The first-order chi connectivity index (χ1) is 13.8. The summed E-state index contributed by atoms with van der Waals surface area (Å²) in [7, 11) is 1.29. The number of carbonyl (C=O) groups is 2. The van der Waals surface area contributed by atoms with Crippen LogP contribution in [0, 0.1) is 6.92 Å². The molecule has 9 heteroatoms. The quantitative estimate of drug-likeness (QED) is 0.760. The van der Waals surface area contributed by atoms with Gasteiger partial charge < -0.3 is 14.4 Å². The molecule has 2 unspecified atom stereocenters. The summed E-state index contributed by atoms with van der Waals surface area (Å²) in [5, 5.41) is 13.7. The zero-order valence-corrected chi connectivity index (χ0v) is 17.3. The zero-order chi connectivity index (χ0) is 20.9. The lowest BCUT2D eigenvalue weighted by molar-refractivity contribution is -0.144. The van der Waals surface area contributed by atoms with Crippen LogP contribution in [0.4, 0.5) is 0 Å². The van der Waals surface area contributed by atoms with Crippen LogP contribution in [0.15, 0.2) is 39.8 Å². The number of benzene rings is 1. The lowest BCUT2D eigenvalue weighted by atomic mass is 9.98. The number of rotatable bonds is 4. The van der Waals surface area contributed by atoms with E-state index in [0.717, 1.165) is 5.56 Å². The summed E-state index contributed by atoms with van der Waals surface area (Å²) in [5.41, 5.74) is 2.28. The van der Waals surface area contributed by atoms with Gasteiger partial charge in [-0.15, -0.1) is 11.8 Å². The van der Waals surface area contributed by atoms with Crippen molar-refractivity contribution in [2.45, 2.75) is 43.1 Å². The first-order valence-electron chi connectivity index (χ1n) is 9.12. The van der Waals surface area contributed by atoms with Gasteiger partial charge in [-0.05, 0) is 20.8 Å². The van der Waals surface area contributed by atoms with E-state index in [-0.39, 0.29) is 5.71 Å². The molecule has 152 valence electrons. The molecule has 2 aliphatic rings. The number of carbonyl (C=O) groups excluding carboxylic acids is 1. The Balaban J connectivity index is 1.89. The molecule has 1 saturated heterocycles. The summed E-state index contributed by atoms with van der Waals surface area (Å²) in [6.07, 6.45) is -0.717. The molecule has 4 rings (SSSR count). The number of aliphatic imine (C=N–C) groups is 1. The van der Waals surface area contributed by atoms with Crippen LogP contribution < -0.4 is 0 Å². The number of thioether (sulfide) groups is 1. The molecule has 0 amide bonds. The maximum absolute atomic E-state index is 12.4. The molecule has 1 aromatic heterocycles. The second-order valence-corrected chi connectivity index (χ2v) is 9.24. The van der Waals surface area contributed by atoms with Gasteiger partial charge in [-0.25, -0.2) is 9.69 Å². The van der Waals surface area contributed by atoms with Crippen molar-refractivity contribution in [3.63, 3.8) is 0 Å². The van der Waals surface area contributed by atoms with Crippen molar-refractivity contribution in [1.29, 1.82) is 0 Å². The maximum Gasteiger partial charge on any atom is 0.354 e. The van der Waals surface area contributed by atoms with Crippen LogP contribution in [-0.4, -0.2) is 56.1 Å². The number of carboxylic acid groups (broad SMARTS) is 1. The molecule has 0 bridgehead atoms. The summed E-state index contributed by atoms with van der Waals surface area (Å²) in [4.78, 5) is 31.0. The fourth-order valence-corrected chi connectivity index (χ4v) is 5.57. The molecule has 0 spiro atoms. The van der Waals surface area contributed by atoms with Gasteiger partial charge in [-0.1, -0.05) is 35.5 Å². The molecule has 1 aromatic carbocycles. The molecule has 0 radical (unpaired) electrons. The van der Waals surface area contributed by atoms with Crippen molar-refractivity contribution in [3.8, 4) is 11.3 Å². The minimum atomic E-state index is -0.966. The number of ether oxygens (including phenoxy) is 1. The first kappa shape index (κ1) is 19.7. The molecule has 1 fully saturated rings. The van der Waals surface area contributed by atoms with Gasteiger partial charge >= 0.3 is 11.9 Å². The van der Waals surface area contributed by atoms with Crippen LogP contribution in [0.2, 0.25) is 0 Å². The molecule has 3 atom stereocenters. The predicted octanol–water partition coefficient (Wildman–Crippen LogP) is 2.88. The highest BCUT2D eigenvalue weighted by atomic mass is 32.2. The number of hydrogen-bond acceptors (Lipinski definition) is 8. The predicted molar refractivity (Wildman–Crippen MR) is 108 cm³/mol. The number of carboxylic acids is 1. The van der Waals surface area contributed by atoms with Crippen LogP contribution in [0.25, 0.3) is 11.3 Å². The monoisotopic (exact) mass is 415 g/mol. The largest absolute Gasteiger partial charge is 0.480 e. The highest BCUT2D eigenvalue weighted by Crippen LogP contribution is 2.53. The van der Waals surface area contributed by atoms with Crippen LogP contribution in [-0.2, 0) is 14.3 Å². The van der Waals surface area contributed by atoms with Gasteiger partial charge in [0, 0.05) is 10.3 Å². The number of hydrogen-bond donors (Lipinski definition) is 1. The Morgan fingerprint density at radius 3 is 2.59 bits per heavy atom. The Kier molecular flexibility index (Phi) is 4.74. The van der Waals surface area contributed by atoms with Gasteiger partial charge in [0.15, 0.2) is 0 Å². The smallest absolute Gasteiger partial charge is 0.354 e. The Hall–Kier alpha value is -2.65. The topological polar surface area (TPSA) is 105 Å². The standard InChI is InChI=1S/C20H21N3O5S/c1-10-12(13(22-28-10)11-8-6-5-7-9-11)16-21-14(19(26)27-4)17-23(16)15(18(24)25)20(2,3)29-17/h5-9,15-17H,1-4H3,(H,24,25)/t15-,16?,17?/m0/s1. The maximum atomic E-state index is 12.4. The van der Waals surface area contributed by atoms with Gasteiger partial charge in [-0.2, -0.15) is 0 Å². The third-order valence-electron chi connectivity index (χ3n) is 5.26. The number of aryl methyl sites for hydroxylation is 1. The molecule has 29 heavy (non-hydrogen) atoms. The van der Waals surface area contributed by atoms with E-state index in [1.807, 2.05) is 44.2 Å². The summed E-state index contributed by atoms with van der Waals surface area (Å²) in [6.45, 7) is 5.48. The lowest BCUT2D eigenvalue weighted by Gasteiger charge is -2.30. The number of esters is 1. The van der Waals surface area contributed by atoms with Crippen LogP contribution in [0.3, 0.4) is 0 Å². The first-order valence-corrected chi connectivity index (χ1v) is 10.00. The summed E-state index contributed by atoms with van der Waals surface area (Å²) >= 11 is 1.40. The normalized spacial score (nSPS) is 25.5. The van der Waals surface area contributed by atoms with E-state index < -0.39 is 34.3 Å². The van der Waals surface area contributed by atoms with E-state index in [9.17, 15) is 14.7 Å². The molecular weight excluding hydrogens is 394 g/mol. The van der Waals surface area contributed by atoms with Gasteiger partial charge in [0.1, 0.15) is 34.7 Å². The number of aliphatic carboxylic acids is 1. The van der Waals surface area contributed by atoms with Crippen LogP contribution in [0.5, 0.6) is 0 Å². The lowest BCUT2D eigenvalue weighted by Crippen LogP contribution is -2.48. The van der Waals surface area contributed by atoms with Crippen molar-refractivity contribution in [3.05, 3.63) is 41.7 Å². The van der Waals surface area contributed by atoms with Crippen molar-refractivity contribution < 1.29 is 24.0 Å². The van der Waals surface area contributed by atoms with Gasteiger partial charge in [0.05, 0.1) is 12.7 Å². The highest BCUT2D eigenvalue weighted by molar-refractivity contribution is 8.02. The summed E-state index contributed by atoms with van der Waals surface area (Å²) < 4.78 is 9.75. The Bertz CT molecular complexity index is 1000. The molecule has 2 aromatic rings. The Labute approximate surface area is 171 Å². The van der Waals surface area contributed by atoms with Gasteiger partial charge in [-0.3, -0.25) is 9.79 Å². The van der Waals surface area contributed by atoms with Gasteiger partial charge in [0.2, 0.25) is 0 Å². The fourth-order valence-electron chi connectivity index (χ4n) is 4.02. The van der Waals surface area contributed by atoms with E-state index in [2.05, 4.69) is 10.1 Å². The molecule has 0 saturated carbocycles. The highest BCUT2D eigenvalue weighted by Gasteiger charge is 2.60. The van der Waals surface area contributed by atoms with Crippen molar-refractivity contribution >= 4 is 29.4 Å². The number of methoxy groups -OCH3 is 1. The number of aromatic nitrogens is 1. The third kappa shape index (κ3) is 3.05. The number of fused-ring (bicyclic) bond motifs is 1. The molecule has 1 N–H and O–H groups in total. The molecule has 3 heterocycles. The van der Waals surface area contributed by atoms with E-state index in [0.29, 0.717) is 17.0 Å². The van der Waals surface area contributed by atoms with Crippen molar-refractivity contribution in [1.82, 2.24) is 10.1 Å². The molecular formula is C20H21N3O5S. The van der Waals surface area contributed by atoms with E-state index >= 15 is 0 Å². The average molecular weight is 415 g/mol. The minimum absolute atomic E-state index is 0.207. The van der Waals surface area contributed by atoms with E-state index in [4.69, 9.17) is 9.26 Å². The van der Waals surface area contributed by atoms with Crippen LogP contribution in [0.1, 0.15) is 31.3 Å². The SMILES string of the molecule is COC(=O)C1=NC(c2c(-c3ccccc3)noc2C)N2C1SC(C)(C)[C@@H]2C(=O)O. The fraction of sp³-hybridized carbons (Fsp3) is 0.400. The number of nitrogens with zero attached hydrogens (tertiary/aromatic N) is 3. The van der Waals surface area contributed by atoms with Crippen LogP contribution >= 0.6 is 11.8 Å². The minimum Gasteiger partial charge on any atom is -0.480 e. The molecule has 0 aliphatic carbocycles. The molecule has 8 nitrogen and oxygen atoms in total. The Morgan fingerprint density at radius 2 is 1.97 bits per heavy atom. The van der Waals surface area contributed by atoms with Gasteiger partial charge in [0.25, 0.3) is 0 Å². The molecule has 2 aliphatic heterocycles. The summed E-state index contributed by atoms with van der Waals surface area (Å²) in [6, 6.07) is 8.61. The third-order valence-corrected chi connectivity index (χ3v) is 6.78. The second-order valence-electron chi connectivity index (χ2n) is 7.51. The van der Waals surface area contributed by atoms with Crippen molar-refractivity contribution in [2.75, 3.05) is 7.11 Å². The summed E-state index contributed by atoms with van der Waals surface area (Å²) in [5.74, 6) is -1.000. The second kappa shape index (κ2) is 7.00. The Morgan fingerprint density at radius 1 is 1.28 bits per heavy atom. The average Bonchev–Trinajstić information content (AvgIpc) is 3.30. The zero-order valence-electron chi connectivity index (χ0n) is 16.4. The van der Waals surface area contributed by atoms with Crippen molar-refractivity contribution in [2.24, 2.45) is 4.99 Å². The van der Waals surface area contributed by atoms with E-state index in [1.165, 1.54) is 18.9 Å².